The van der Waals surface area contributed by atoms with Gasteiger partial charge in [-0.3, -0.25) is 0 Å². The molecule has 15 heavy (non-hydrogen) atoms. The molecule has 1 aromatic rings. The molecule has 0 aromatic heterocycles. The molecule has 0 aliphatic carbocycles. The smallest absolute Gasteiger partial charge is 0.0219 e. The lowest BCUT2D eigenvalue weighted by Crippen LogP contribution is -2.07. The van der Waals surface area contributed by atoms with Crippen molar-refractivity contribution in [3.63, 3.8) is 0 Å². The molecule has 0 fully saturated rings. The van der Waals surface area contributed by atoms with Gasteiger partial charge in [0.25, 0.3) is 0 Å². The van der Waals surface area contributed by atoms with Crippen LogP contribution in [0.3, 0.4) is 0 Å². The summed E-state index contributed by atoms with van der Waals surface area (Å²) in [5, 5.41) is 0. The first kappa shape index (κ1) is 12.3. The highest BCUT2D eigenvalue weighted by Gasteiger charge is 2.08. The largest absolute Gasteiger partial charge is 0.0625 e. The fourth-order valence-corrected chi connectivity index (χ4v) is 1.65. The molecular formula is C15H24. The van der Waals surface area contributed by atoms with Crippen molar-refractivity contribution in [2.45, 2.75) is 47.0 Å². The Morgan fingerprint density at radius 2 is 1.40 bits per heavy atom. The zero-order valence-corrected chi connectivity index (χ0v) is 10.7. The molecule has 0 saturated carbocycles. The minimum atomic E-state index is 0.640. The van der Waals surface area contributed by atoms with E-state index in [1.54, 1.807) is 0 Å². The van der Waals surface area contributed by atoms with Crippen LogP contribution in [0.4, 0.5) is 0 Å². The lowest BCUT2D eigenvalue weighted by atomic mass is 9.90. The second-order valence-corrected chi connectivity index (χ2v) is 5.32. The minimum absolute atomic E-state index is 0.640. The molecule has 0 radical (unpaired) electrons. The third-order valence-electron chi connectivity index (χ3n) is 3.34. The molecule has 84 valence electrons. The predicted molar refractivity (Wildman–Crippen MR) is 68.2 cm³/mol. The molecule has 1 rings (SSSR count). The van der Waals surface area contributed by atoms with Crippen molar-refractivity contribution in [2.24, 2.45) is 11.8 Å². The van der Waals surface area contributed by atoms with E-state index in [1.807, 2.05) is 0 Å². The average Bonchev–Trinajstić information content (AvgIpc) is 2.18. The molecule has 0 heterocycles. The fraction of sp³-hybridized carbons (Fsp3) is 0.600. The van der Waals surface area contributed by atoms with Gasteiger partial charge in [0, 0.05) is 0 Å². The highest BCUT2D eigenvalue weighted by Crippen LogP contribution is 2.19. The Balaban J connectivity index is 2.64. The first-order chi connectivity index (χ1) is 7.00. The fourth-order valence-electron chi connectivity index (χ4n) is 1.65. The van der Waals surface area contributed by atoms with E-state index in [0.717, 1.165) is 11.8 Å². The summed E-state index contributed by atoms with van der Waals surface area (Å²) in [6, 6.07) is 9.11. The summed E-state index contributed by atoms with van der Waals surface area (Å²) in [4.78, 5) is 0. The Morgan fingerprint density at radius 1 is 0.867 bits per heavy atom. The number of hydrogen-bond acceptors (Lipinski definition) is 0. The zero-order chi connectivity index (χ0) is 11.4. The maximum Gasteiger partial charge on any atom is -0.0219 e. The lowest BCUT2D eigenvalue weighted by molar-refractivity contribution is 0.417. The van der Waals surface area contributed by atoms with Crippen LogP contribution in [-0.4, -0.2) is 0 Å². The zero-order valence-electron chi connectivity index (χ0n) is 10.7. The maximum atomic E-state index is 2.33. The molecule has 0 amide bonds. The summed E-state index contributed by atoms with van der Waals surface area (Å²) >= 11 is 0. The molecule has 1 atom stereocenters. The molecule has 0 spiro atoms. The molecule has 1 aromatic carbocycles. The third kappa shape index (κ3) is 3.70. The molecule has 1 unspecified atom stereocenters. The van der Waals surface area contributed by atoms with Crippen LogP contribution in [0.15, 0.2) is 24.3 Å². The van der Waals surface area contributed by atoms with Crippen LogP contribution in [0.2, 0.25) is 0 Å². The van der Waals surface area contributed by atoms with E-state index in [4.69, 9.17) is 0 Å². The van der Waals surface area contributed by atoms with E-state index < -0.39 is 0 Å². The van der Waals surface area contributed by atoms with Gasteiger partial charge in [-0.05, 0) is 35.3 Å². The molecule has 0 nitrogen and oxygen atoms in total. The second-order valence-electron chi connectivity index (χ2n) is 5.32. The summed E-state index contributed by atoms with van der Waals surface area (Å²) in [5.41, 5.74) is 2.91. The van der Waals surface area contributed by atoms with Crippen LogP contribution < -0.4 is 0 Å². The van der Waals surface area contributed by atoms with Crippen molar-refractivity contribution in [2.75, 3.05) is 0 Å². The Hall–Kier alpha value is -0.780. The Labute approximate surface area is 94.7 Å². The summed E-state index contributed by atoms with van der Waals surface area (Å²) in [6.07, 6.45) is 1.20. The van der Waals surface area contributed by atoms with Gasteiger partial charge in [0.05, 0.1) is 0 Å². The van der Waals surface area contributed by atoms with E-state index >= 15 is 0 Å². The molecule has 0 heteroatoms. The van der Waals surface area contributed by atoms with Gasteiger partial charge in [-0.25, -0.2) is 0 Å². The van der Waals surface area contributed by atoms with Gasteiger partial charge in [-0.15, -0.1) is 0 Å². The Kier molecular flexibility index (Phi) is 4.38. The van der Waals surface area contributed by atoms with E-state index in [1.165, 1.54) is 17.5 Å². The molecule has 0 N–H and O–H groups in total. The Morgan fingerprint density at radius 3 is 1.80 bits per heavy atom. The Bertz CT molecular complexity index is 279. The highest BCUT2D eigenvalue weighted by atomic mass is 14.1. The van der Waals surface area contributed by atoms with Crippen LogP contribution in [0.1, 0.15) is 51.7 Å². The van der Waals surface area contributed by atoms with Gasteiger partial charge in [0.15, 0.2) is 0 Å². The second kappa shape index (κ2) is 5.34. The van der Waals surface area contributed by atoms with Gasteiger partial charge in [0.2, 0.25) is 0 Å². The molecular weight excluding hydrogens is 180 g/mol. The predicted octanol–water partition coefficient (Wildman–Crippen LogP) is 4.64. The topological polar surface area (TPSA) is 0 Å². The summed E-state index contributed by atoms with van der Waals surface area (Å²) in [5.74, 6) is 2.19. The molecule has 0 aliphatic heterocycles. The number of rotatable bonds is 4. The molecule has 0 aliphatic rings. The summed E-state index contributed by atoms with van der Waals surface area (Å²) in [7, 11) is 0. The SMILES string of the molecule is CC(C)c1ccc(CC(C)C(C)C)cc1. The third-order valence-corrected chi connectivity index (χ3v) is 3.34. The first-order valence-corrected chi connectivity index (χ1v) is 6.09. The van der Waals surface area contributed by atoms with E-state index in [0.29, 0.717) is 5.92 Å². The van der Waals surface area contributed by atoms with Gasteiger partial charge >= 0.3 is 0 Å². The van der Waals surface area contributed by atoms with Gasteiger partial charge in [-0.1, -0.05) is 58.9 Å². The first-order valence-electron chi connectivity index (χ1n) is 6.09. The standard InChI is InChI=1S/C15H24/c1-11(2)13(5)10-14-6-8-15(9-7-14)12(3)4/h6-9,11-13H,10H2,1-5H3. The lowest BCUT2D eigenvalue weighted by Gasteiger charge is -2.15. The number of benzene rings is 1. The summed E-state index contributed by atoms with van der Waals surface area (Å²) in [6.45, 7) is 11.4. The van der Waals surface area contributed by atoms with Crippen LogP contribution in [-0.2, 0) is 6.42 Å². The van der Waals surface area contributed by atoms with Crippen molar-refractivity contribution >= 4 is 0 Å². The minimum Gasteiger partial charge on any atom is -0.0625 e. The van der Waals surface area contributed by atoms with Gasteiger partial charge in [0.1, 0.15) is 0 Å². The van der Waals surface area contributed by atoms with Crippen molar-refractivity contribution < 1.29 is 0 Å². The van der Waals surface area contributed by atoms with Crippen LogP contribution in [0.25, 0.3) is 0 Å². The highest BCUT2D eigenvalue weighted by molar-refractivity contribution is 5.24. The van der Waals surface area contributed by atoms with Crippen molar-refractivity contribution in [1.29, 1.82) is 0 Å². The van der Waals surface area contributed by atoms with Crippen molar-refractivity contribution in [1.82, 2.24) is 0 Å². The van der Waals surface area contributed by atoms with Gasteiger partial charge < -0.3 is 0 Å². The van der Waals surface area contributed by atoms with Crippen LogP contribution in [0, 0.1) is 11.8 Å². The molecule has 0 saturated heterocycles. The maximum absolute atomic E-state index is 2.33. The van der Waals surface area contributed by atoms with Crippen molar-refractivity contribution in [3.05, 3.63) is 35.4 Å². The summed E-state index contributed by atoms with van der Waals surface area (Å²) < 4.78 is 0. The van der Waals surface area contributed by atoms with Crippen molar-refractivity contribution in [3.8, 4) is 0 Å². The van der Waals surface area contributed by atoms with Crippen LogP contribution >= 0.6 is 0 Å². The number of hydrogen-bond donors (Lipinski definition) is 0. The monoisotopic (exact) mass is 204 g/mol. The van der Waals surface area contributed by atoms with E-state index in [2.05, 4.69) is 58.9 Å². The van der Waals surface area contributed by atoms with E-state index in [9.17, 15) is 0 Å². The average molecular weight is 204 g/mol. The van der Waals surface area contributed by atoms with Gasteiger partial charge in [-0.2, -0.15) is 0 Å². The quantitative estimate of drug-likeness (QED) is 0.670. The normalized spacial score (nSPS) is 13.5. The van der Waals surface area contributed by atoms with Crippen LogP contribution in [0.5, 0.6) is 0 Å². The molecule has 0 bridgehead atoms. The van der Waals surface area contributed by atoms with E-state index in [-0.39, 0.29) is 0 Å².